The lowest BCUT2D eigenvalue weighted by atomic mass is 10.1. The van der Waals surface area contributed by atoms with Gasteiger partial charge in [0.25, 0.3) is 0 Å². The average molecular weight is 188 g/mol. The number of nitrogens with zero attached hydrogens (tertiary/aromatic N) is 2. The Balaban J connectivity index is 2.58. The molecule has 0 amide bonds. The van der Waals surface area contributed by atoms with E-state index in [0.717, 1.165) is 5.56 Å². The molecule has 0 aliphatic rings. The molecule has 0 unspecified atom stereocenters. The molecule has 0 aromatic carbocycles. The number of anilines is 1. The molecule has 0 bridgehead atoms. The van der Waals surface area contributed by atoms with Gasteiger partial charge in [-0.25, -0.2) is 9.78 Å². The molecular formula is C9H8N4O. The lowest BCUT2D eigenvalue weighted by Gasteiger charge is -2.02. The third-order valence-electron chi connectivity index (χ3n) is 1.82. The normalized spacial score (nSPS) is 10.0. The zero-order valence-electron chi connectivity index (χ0n) is 7.27. The number of hydrogen-bond acceptors (Lipinski definition) is 4. The zero-order chi connectivity index (χ0) is 9.97. The smallest absolute Gasteiger partial charge is 0.346 e. The topological polar surface area (TPSA) is 84.7 Å². The van der Waals surface area contributed by atoms with Crippen molar-refractivity contribution in [1.82, 2.24) is 15.0 Å². The Morgan fingerprint density at radius 3 is 2.86 bits per heavy atom. The highest BCUT2D eigenvalue weighted by Gasteiger charge is 2.02. The van der Waals surface area contributed by atoms with Crippen molar-refractivity contribution in [3.05, 3.63) is 41.2 Å². The number of pyridine rings is 1. The van der Waals surface area contributed by atoms with Crippen LogP contribution in [0.1, 0.15) is 0 Å². The van der Waals surface area contributed by atoms with Gasteiger partial charge in [0.05, 0.1) is 0 Å². The summed E-state index contributed by atoms with van der Waals surface area (Å²) >= 11 is 0. The Bertz CT molecular complexity index is 492. The largest absolute Gasteiger partial charge is 0.385 e. The number of aromatic amines is 1. The van der Waals surface area contributed by atoms with Crippen molar-refractivity contribution in [3.8, 4) is 11.1 Å². The molecule has 0 saturated carbocycles. The van der Waals surface area contributed by atoms with Gasteiger partial charge in [0, 0.05) is 29.7 Å². The van der Waals surface area contributed by atoms with Crippen LogP contribution in [0.3, 0.4) is 0 Å². The maximum atomic E-state index is 10.8. The summed E-state index contributed by atoms with van der Waals surface area (Å²) in [6.45, 7) is 0. The molecule has 0 aliphatic heterocycles. The van der Waals surface area contributed by atoms with Crippen LogP contribution in [0.2, 0.25) is 0 Å². The van der Waals surface area contributed by atoms with Crippen LogP contribution in [0.25, 0.3) is 11.1 Å². The molecule has 0 fully saturated rings. The number of nitrogen functional groups attached to an aromatic ring is 1. The molecule has 0 saturated heterocycles. The molecule has 5 heteroatoms. The minimum atomic E-state index is -0.449. The van der Waals surface area contributed by atoms with E-state index in [1.54, 1.807) is 18.5 Å². The van der Waals surface area contributed by atoms with Crippen LogP contribution in [0.15, 0.2) is 35.5 Å². The number of rotatable bonds is 1. The Morgan fingerprint density at radius 1 is 1.36 bits per heavy atom. The van der Waals surface area contributed by atoms with Crippen molar-refractivity contribution in [1.29, 1.82) is 0 Å². The van der Waals surface area contributed by atoms with Crippen LogP contribution in [-0.4, -0.2) is 15.0 Å². The van der Waals surface area contributed by atoms with Crippen LogP contribution in [0, 0.1) is 0 Å². The molecule has 0 spiro atoms. The summed E-state index contributed by atoms with van der Waals surface area (Å²) in [6, 6.07) is 3.64. The van der Waals surface area contributed by atoms with E-state index >= 15 is 0 Å². The van der Waals surface area contributed by atoms with E-state index < -0.39 is 5.69 Å². The molecule has 0 atom stereocenters. The van der Waals surface area contributed by atoms with Gasteiger partial charge in [0.15, 0.2) is 0 Å². The van der Waals surface area contributed by atoms with Crippen molar-refractivity contribution in [2.45, 2.75) is 0 Å². The van der Waals surface area contributed by atoms with Crippen molar-refractivity contribution in [3.63, 3.8) is 0 Å². The Morgan fingerprint density at radius 2 is 2.21 bits per heavy atom. The molecule has 14 heavy (non-hydrogen) atoms. The second-order valence-electron chi connectivity index (χ2n) is 2.76. The highest BCUT2D eigenvalue weighted by molar-refractivity contribution is 5.71. The van der Waals surface area contributed by atoms with Crippen LogP contribution in [0.4, 0.5) is 5.82 Å². The third kappa shape index (κ3) is 1.47. The second kappa shape index (κ2) is 3.29. The first-order valence-electron chi connectivity index (χ1n) is 4.02. The predicted octanol–water partition coefficient (Wildman–Crippen LogP) is 0.414. The molecule has 2 heterocycles. The molecule has 0 radical (unpaired) electrons. The van der Waals surface area contributed by atoms with Gasteiger partial charge in [-0.1, -0.05) is 6.07 Å². The number of H-pyrrole nitrogens is 1. The summed E-state index contributed by atoms with van der Waals surface area (Å²) in [7, 11) is 0. The Hall–Kier alpha value is -2.17. The fraction of sp³-hybridized carbons (Fsp3) is 0. The SMILES string of the molecule is Nc1[nH]c(=O)ncc1-c1cccnc1. The third-order valence-corrected chi connectivity index (χ3v) is 1.82. The van der Waals surface area contributed by atoms with Crippen LogP contribution < -0.4 is 11.4 Å². The van der Waals surface area contributed by atoms with Crippen LogP contribution in [-0.2, 0) is 0 Å². The van der Waals surface area contributed by atoms with E-state index in [0.29, 0.717) is 11.4 Å². The van der Waals surface area contributed by atoms with Crippen LogP contribution in [0.5, 0.6) is 0 Å². The van der Waals surface area contributed by atoms with E-state index in [4.69, 9.17) is 5.73 Å². The number of hydrogen-bond donors (Lipinski definition) is 2. The quantitative estimate of drug-likeness (QED) is 0.679. The molecular weight excluding hydrogens is 180 g/mol. The van der Waals surface area contributed by atoms with Crippen molar-refractivity contribution in [2.75, 3.05) is 5.73 Å². The van der Waals surface area contributed by atoms with E-state index in [1.165, 1.54) is 6.20 Å². The van der Waals surface area contributed by atoms with Crippen molar-refractivity contribution in [2.24, 2.45) is 0 Å². The van der Waals surface area contributed by atoms with E-state index in [-0.39, 0.29) is 0 Å². The first-order valence-corrected chi connectivity index (χ1v) is 4.02. The van der Waals surface area contributed by atoms with Gasteiger partial charge in [0.2, 0.25) is 0 Å². The molecule has 2 aromatic heterocycles. The lowest BCUT2D eigenvalue weighted by molar-refractivity contribution is 1.09. The number of nitrogens with two attached hydrogens (primary N) is 1. The van der Waals surface area contributed by atoms with Gasteiger partial charge in [-0.2, -0.15) is 0 Å². The summed E-state index contributed by atoms with van der Waals surface area (Å²) in [5, 5.41) is 0. The van der Waals surface area contributed by atoms with E-state index in [2.05, 4.69) is 15.0 Å². The second-order valence-corrected chi connectivity index (χ2v) is 2.76. The fourth-order valence-electron chi connectivity index (χ4n) is 1.16. The Kier molecular flexibility index (Phi) is 1.98. The van der Waals surface area contributed by atoms with Gasteiger partial charge in [0.1, 0.15) is 5.82 Å². The zero-order valence-corrected chi connectivity index (χ0v) is 7.27. The average Bonchev–Trinajstić information content (AvgIpc) is 2.19. The van der Waals surface area contributed by atoms with E-state index in [1.807, 2.05) is 6.07 Å². The van der Waals surface area contributed by atoms with Gasteiger partial charge in [-0.15, -0.1) is 0 Å². The predicted molar refractivity (Wildman–Crippen MR) is 52.5 cm³/mol. The van der Waals surface area contributed by atoms with Gasteiger partial charge < -0.3 is 5.73 Å². The summed E-state index contributed by atoms with van der Waals surface area (Å²) in [6.07, 6.45) is 4.76. The van der Waals surface area contributed by atoms with Gasteiger partial charge in [-0.3, -0.25) is 9.97 Å². The number of nitrogens with one attached hydrogen (secondary N) is 1. The standard InChI is InChI=1S/C9H8N4O/c10-8-7(5-12-9(14)13-8)6-2-1-3-11-4-6/h1-5H,(H3,10,12,13,14). The molecule has 70 valence electrons. The maximum absolute atomic E-state index is 10.8. The first kappa shape index (κ1) is 8.43. The molecule has 0 aliphatic carbocycles. The monoisotopic (exact) mass is 188 g/mol. The van der Waals surface area contributed by atoms with Gasteiger partial charge >= 0.3 is 5.69 Å². The molecule has 3 N–H and O–H groups in total. The summed E-state index contributed by atoms with van der Waals surface area (Å²) < 4.78 is 0. The summed E-state index contributed by atoms with van der Waals surface area (Å²) in [5.41, 5.74) is 6.69. The molecule has 2 rings (SSSR count). The minimum Gasteiger partial charge on any atom is -0.385 e. The molecule has 2 aromatic rings. The Labute approximate surface area is 79.6 Å². The van der Waals surface area contributed by atoms with Gasteiger partial charge in [-0.05, 0) is 6.07 Å². The minimum absolute atomic E-state index is 0.304. The summed E-state index contributed by atoms with van der Waals surface area (Å²) in [5.74, 6) is 0.304. The number of aromatic nitrogens is 3. The summed E-state index contributed by atoms with van der Waals surface area (Å²) in [4.78, 5) is 20.8. The maximum Gasteiger partial charge on any atom is 0.346 e. The van der Waals surface area contributed by atoms with Crippen molar-refractivity contribution < 1.29 is 0 Å². The highest BCUT2D eigenvalue weighted by atomic mass is 16.1. The van der Waals surface area contributed by atoms with Crippen molar-refractivity contribution >= 4 is 5.82 Å². The fourth-order valence-corrected chi connectivity index (χ4v) is 1.16. The first-order chi connectivity index (χ1) is 6.77. The lowest BCUT2D eigenvalue weighted by Crippen LogP contribution is -2.12. The van der Waals surface area contributed by atoms with Crippen LogP contribution >= 0.6 is 0 Å². The molecule has 5 nitrogen and oxygen atoms in total. The highest BCUT2D eigenvalue weighted by Crippen LogP contribution is 2.20. The van der Waals surface area contributed by atoms with E-state index in [9.17, 15) is 4.79 Å².